The van der Waals surface area contributed by atoms with Gasteiger partial charge in [-0.3, -0.25) is 4.79 Å². The van der Waals surface area contributed by atoms with E-state index in [-0.39, 0.29) is 5.04 Å². The molecule has 0 saturated heterocycles. The van der Waals surface area contributed by atoms with Gasteiger partial charge in [0.1, 0.15) is 5.60 Å². The van der Waals surface area contributed by atoms with E-state index in [4.69, 9.17) is 14.9 Å². The van der Waals surface area contributed by atoms with Crippen molar-refractivity contribution in [2.75, 3.05) is 0 Å². The van der Waals surface area contributed by atoms with Crippen LogP contribution >= 0.6 is 0 Å². The van der Waals surface area contributed by atoms with E-state index in [9.17, 15) is 19.5 Å². The number of carbonyl (C=O) groups is 3. The minimum atomic E-state index is -2.49. The zero-order valence-corrected chi connectivity index (χ0v) is 16.7. The van der Waals surface area contributed by atoms with Gasteiger partial charge < -0.3 is 25.3 Å². The fourth-order valence-corrected chi connectivity index (χ4v) is 2.73. The maximum atomic E-state index is 11.9. The van der Waals surface area contributed by atoms with Crippen molar-refractivity contribution >= 4 is 26.3 Å². The highest BCUT2D eigenvalue weighted by atomic mass is 28.4. The van der Waals surface area contributed by atoms with Gasteiger partial charge in [0.05, 0.1) is 0 Å². The van der Waals surface area contributed by atoms with Crippen LogP contribution in [0.2, 0.25) is 18.1 Å². The first-order valence-corrected chi connectivity index (χ1v) is 10.6. The smallest absolute Gasteiger partial charge is 0.408 e. The van der Waals surface area contributed by atoms with E-state index < -0.39 is 44.0 Å². The molecule has 0 heterocycles. The summed E-state index contributed by atoms with van der Waals surface area (Å²) in [6.07, 6.45) is -2.45. The molecule has 24 heavy (non-hydrogen) atoms. The normalized spacial score (nSPS) is 15.3. The lowest BCUT2D eigenvalue weighted by atomic mass is 10.1. The molecule has 0 aromatic carbocycles. The van der Waals surface area contributed by atoms with Gasteiger partial charge in [-0.2, -0.15) is 0 Å². The number of alkyl carbamates (subject to hydrolysis) is 1. The maximum Gasteiger partial charge on any atom is 0.408 e. The topological polar surface area (TPSA) is 128 Å². The predicted molar refractivity (Wildman–Crippen MR) is 92.1 cm³/mol. The van der Waals surface area contributed by atoms with Crippen LogP contribution in [0.4, 0.5) is 4.79 Å². The predicted octanol–water partition coefficient (Wildman–Crippen LogP) is 1.84. The number of nitrogens with one attached hydrogen (secondary N) is 1. The van der Waals surface area contributed by atoms with Crippen LogP contribution in [-0.4, -0.2) is 49.1 Å². The molecule has 0 bridgehead atoms. The molecule has 0 aromatic rings. The summed E-state index contributed by atoms with van der Waals surface area (Å²) in [4.78, 5) is 35.2. The van der Waals surface area contributed by atoms with Crippen LogP contribution in [0.1, 0.15) is 41.5 Å². The molecule has 0 spiro atoms. The summed E-state index contributed by atoms with van der Waals surface area (Å²) in [5.74, 6) is -2.38. The number of carboxylic acids is 1. The lowest BCUT2D eigenvalue weighted by molar-refractivity contribution is -0.146. The second kappa shape index (κ2) is 7.52. The highest BCUT2D eigenvalue weighted by molar-refractivity contribution is 6.74. The van der Waals surface area contributed by atoms with Crippen molar-refractivity contribution in [1.82, 2.24) is 5.32 Å². The number of primary amides is 1. The number of carboxylic acid groups (broad SMARTS) is 1. The standard InChI is InChI=1S/C15H30N2O6Si/c1-14(2,3)22-13(21)17-9(12(19)20)10(11(16)18)23-24(7,8)15(4,5)6/h9-10H,1-8H3,(H2,16,18)(H,17,21)(H,19,20)/t9-,10+/m0/s1. The molecule has 0 rings (SSSR count). The quantitative estimate of drug-likeness (QED) is 0.619. The molecule has 0 aliphatic carbocycles. The van der Waals surface area contributed by atoms with Crippen LogP contribution < -0.4 is 11.1 Å². The van der Waals surface area contributed by atoms with E-state index in [1.54, 1.807) is 20.8 Å². The highest BCUT2D eigenvalue weighted by Crippen LogP contribution is 2.37. The molecule has 140 valence electrons. The van der Waals surface area contributed by atoms with Gasteiger partial charge in [0.25, 0.3) is 0 Å². The minimum Gasteiger partial charge on any atom is -0.480 e. The number of aliphatic carboxylic acids is 1. The number of hydrogen-bond acceptors (Lipinski definition) is 5. The molecule has 0 radical (unpaired) electrons. The van der Waals surface area contributed by atoms with Crippen LogP contribution in [0, 0.1) is 0 Å². The molecular formula is C15H30N2O6Si. The van der Waals surface area contributed by atoms with Crippen LogP contribution in [0.15, 0.2) is 0 Å². The van der Waals surface area contributed by atoms with E-state index in [0.717, 1.165) is 0 Å². The van der Waals surface area contributed by atoms with E-state index >= 15 is 0 Å². The van der Waals surface area contributed by atoms with Gasteiger partial charge >= 0.3 is 12.1 Å². The maximum absolute atomic E-state index is 11.9. The summed E-state index contributed by atoms with van der Waals surface area (Å²) in [5.41, 5.74) is 4.52. The number of nitrogens with two attached hydrogens (primary N) is 1. The van der Waals surface area contributed by atoms with E-state index in [1.165, 1.54) is 0 Å². The third-order valence-electron chi connectivity index (χ3n) is 3.75. The SMILES string of the molecule is CC(C)(C)OC(=O)N[C@H](C(=O)O)[C@@H](O[Si](C)(C)C(C)(C)C)C(N)=O. The Balaban J connectivity index is 5.45. The van der Waals surface area contributed by atoms with Gasteiger partial charge in [-0.25, -0.2) is 9.59 Å². The molecule has 0 unspecified atom stereocenters. The Kier molecular flexibility index (Phi) is 7.01. The highest BCUT2D eigenvalue weighted by Gasteiger charge is 2.45. The van der Waals surface area contributed by atoms with Gasteiger partial charge in [-0.15, -0.1) is 0 Å². The Hall–Kier alpha value is -1.61. The van der Waals surface area contributed by atoms with Crippen molar-refractivity contribution in [1.29, 1.82) is 0 Å². The first kappa shape index (κ1) is 22.4. The Morgan fingerprint density at radius 2 is 1.54 bits per heavy atom. The average molecular weight is 362 g/mol. The summed E-state index contributed by atoms with van der Waals surface area (Å²) in [6.45, 7) is 14.4. The van der Waals surface area contributed by atoms with Crippen molar-refractivity contribution in [3.63, 3.8) is 0 Å². The van der Waals surface area contributed by atoms with Gasteiger partial charge in [0, 0.05) is 0 Å². The molecule has 0 fully saturated rings. The average Bonchev–Trinajstić information content (AvgIpc) is 2.29. The first-order valence-electron chi connectivity index (χ1n) is 7.67. The molecule has 9 heteroatoms. The Morgan fingerprint density at radius 1 is 1.08 bits per heavy atom. The number of hydrogen-bond donors (Lipinski definition) is 3. The fourth-order valence-electron chi connectivity index (χ4n) is 1.49. The summed E-state index contributed by atoms with van der Waals surface area (Å²) in [6, 6.07) is -1.63. The zero-order valence-electron chi connectivity index (χ0n) is 15.7. The van der Waals surface area contributed by atoms with Crippen LogP contribution in [-0.2, 0) is 18.8 Å². The third-order valence-corrected chi connectivity index (χ3v) is 8.20. The van der Waals surface area contributed by atoms with Crippen molar-refractivity contribution in [2.24, 2.45) is 5.73 Å². The monoisotopic (exact) mass is 362 g/mol. The number of rotatable bonds is 6. The summed E-state index contributed by atoms with van der Waals surface area (Å²) in [5, 5.41) is 11.3. The molecule has 4 N–H and O–H groups in total. The molecule has 8 nitrogen and oxygen atoms in total. The van der Waals surface area contributed by atoms with Crippen molar-refractivity contribution in [3.05, 3.63) is 0 Å². The van der Waals surface area contributed by atoms with Crippen molar-refractivity contribution < 1.29 is 28.7 Å². The second-order valence-electron chi connectivity index (χ2n) is 8.16. The van der Waals surface area contributed by atoms with Crippen molar-refractivity contribution in [2.45, 2.75) is 77.4 Å². The van der Waals surface area contributed by atoms with Crippen LogP contribution in [0.3, 0.4) is 0 Å². The first-order chi connectivity index (χ1) is 10.5. The zero-order chi connectivity index (χ0) is 19.5. The Morgan fingerprint density at radius 3 is 1.83 bits per heavy atom. The molecule has 0 saturated carbocycles. The summed E-state index contributed by atoms with van der Waals surface area (Å²) in [7, 11) is -2.49. The Bertz CT molecular complexity index is 493. The molecular weight excluding hydrogens is 332 g/mol. The number of ether oxygens (including phenoxy) is 1. The van der Waals surface area contributed by atoms with E-state index in [2.05, 4.69) is 5.32 Å². The van der Waals surface area contributed by atoms with Crippen molar-refractivity contribution in [3.8, 4) is 0 Å². The van der Waals surface area contributed by atoms with Gasteiger partial charge in [-0.05, 0) is 38.9 Å². The summed E-state index contributed by atoms with van der Waals surface area (Å²) < 4.78 is 10.9. The van der Waals surface area contributed by atoms with Gasteiger partial charge in [-0.1, -0.05) is 20.8 Å². The minimum absolute atomic E-state index is 0.268. The Labute approximate surface area is 144 Å². The molecule has 0 aliphatic heterocycles. The lowest BCUT2D eigenvalue weighted by Crippen LogP contribution is -2.59. The second-order valence-corrected chi connectivity index (χ2v) is 12.9. The molecule has 2 amide bonds. The van der Waals surface area contributed by atoms with Gasteiger partial charge in [0.15, 0.2) is 20.5 Å². The number of amides is 2. The largest absolute Gasteiger partial charge is 0.480 e. The fraction of sp³-hybridized carbons (Fsp3) is 0.800. The van der Waals surface area contributed by atoms with Crippen LogP contribution in [0.5, 0.6) is 0 Å². The molecule has 0 aliphatic rings. The lowest BCUT2D eigenvalue weighted by Gasteiger charge is -2.39. The van der Waals surface area contributed by atoms with E-state index in [0.29, 0.717) is 0 Å². The van der Waals surface area contributed by atoms with Gasteiger partial charge in [0.2, 0.25) is 5.91 Å². The molecule has 0 aromatic heterocycles. The third kappa shape index (κ3) is 6.87. The van der Waals surface area contributed by atoms with E-state index in [1.807, 2.05) is 33.9 Å². The number of carbonyl (C=O) groups excluding carboxylic acids is 2. The molecule has 2 atom stereocenters. The van der Waals surface area contributed by atoms with Crippen LogP contribution in [0.25, 0.3) is 0 Å². The summed E-state index contributed by atoms with van der Waals surface area (Å²) >= 11 is 0.